The highest BCUT2D eigenvalue weighted by Gasteiger charge is 2.47. The molecule has 1 aromatic carbocycles. The number of carbonyl (C=O) groups excluding carboxylic acids is 2. The molecule has 0 aliphatic carbocycles. The molecule has 1 aromatic rings. The first-order valence-corrected chi connectivity index (χ1v) is 10.4. The van der Waals surface area contributed by atoms with Gasteiger partial charge in [0.2, 0.25) is 0 Å². The van der Waals surface area contributed by atoms with E-state index in [0.717, 1.165) is 44.6 Å². The van der Waals surface area contributed by atoms with Gasteiger partial charge in [0.1, 0.15) is 5.60 Å². The molecule has 0 bridgehead atoms. The third kappa shape index (κ3) is 5.84. The summed E-state index contributed by atoms with van der Waals surface area (Å²) in [6, 6.07) is 4.69. The molecule has 2 aliphatic rings. The lowest BCUT2D eigenvalue weighted by Crippen LogP contribution is -2.62. The number of amides is 2. The number of hydrogen-bond donors (Lipinski definition) is 1. The third-order valence-electron chi connectivity index (χ3n) is 5.62. The first-order valence-electron chi connectivity index (χ1n) is 10.4. The number of nitrogens with two attached hydrogens (primary N) is 1. The molecule has 0 aromatic heterocycles. The monoisotopic (exact) mass is 434 g/mol. The van der Waals surface area contributed by atoms with Crippen LogP contribution in [0.3, 0.4) is 0 Å². The highest BCUT2D eigenvalue weighted by molar-refractivity contribution is 5.75. The quantitative estimate of drug-likeness (QED) is 0.537. The Labute approximate surface area is 181 Å². The summed E-state index contributed by atoms with van der Waals surface area (Å²) in [7, 11) is 0. The van der Waals surface area contributed by atoms with Gasteiger partial charge in [0.15, 0.2) is 12.4 Å². The predicted molar refractivity (Wildman–Crippen MR) is 113 cm³/mol. The average molecular weight is 434 g/mol. The molecule has 1 spiro atoms. The molecule has 2 fully saturated rings. The zero-order chi connectivity index (χ0) is 22.8. The molecule has 0 saturated carbocycles. The van der Waals surface area contributed by atoms with E-state index in [4.69, 9.17) is 15.2 Å². The second-order valence-electron chi connectivity index (χ2n) is 9.43. The van der Waals surface area contributed by atoms with E-state index in [0.29, 0.717) is 6.54 Å². The van der Waals surface area contributed by atoms with E-state index in [9.17, 15) is 19.7 Å². The van der Waals surface area contributed by atoms with Gasteiger partial charge in [-0.25, -0.2) is 4.79 Å². The fourth-order valence-electron chi connectivity index (χ4n) is 4.05. The first-order chi connectivity index (χ1) is 14.5. The predicted octanol–water partition coefficient (Wildman–Crippen LogP) is 2.29. The average Bonchev–Trinajstić information content (AvgIpc) is 2.63. The van der Waals surface area contributed by atoms with Crippen molar-refractivity contribution in [2.45, 2.75) is 45.8 Å². The van der Waals surface area contributed by atoms with Crippen molar-refractivity contribution in [2.75, 3.05) is 32.8 Å². The number of rotatable bonds is 6. The molecule has 0 unspecified atom stereocenters. The topological polar surface area (TPSA) is 128 Å². The van der Waals surface area contributed by atoms with Gasteiger partial charge in [-0.05, 0) is 58.3 Å². The molecular formula is C21H30N4O6. The molecule has 0 atom stereocenters. The van der Waals surface area contributed by atoms with Crippen molar-refractivity contribution in [3.8, 4) is 5.75 Å². The van der Waals surface area contributed by atoms with Crippen LogP contribution in [0.15, 0.2) is 18.2 Å². The maximum Gasteiger partial charge on any atom is 0.410 e. The van der Waals surface area contributed by atoms with Crippen molar-refractivity contribution >= 4 is 17.7 Å². The van der Waals surface area contributed by atoms with E-state index in [2.05, 4.69) is 4.90 Å². The number of ether oxygens (including phenoxy) is 2. The molecule has 2 saturated heterocycles. The summed E-state index contributed by atoms with van der Waals surface area (Å²) in [4.78, 5) is 37.8. The Balaban J connectivity index is 1.53. The molecular weight excluding hydrogens is 404 g/mol. The van der Waals surface area contributed by atoms with Crippen LogP contribution >= 0.6 is 0 Å². The van der Waals surface area contributed by atoms with Gasteiger partial charge in [0.25, 0.3) is 5.91 Å². The number of benzene rings is 1. The van der Waals surface area contributed by atoms with Crippen LogP contribution in [0.5, 0.6) is 5.75 Å². The highest BCUT2D eigenvalue weighted by Crippen LogP contribution is 2.41. The van der Waals surface area contributed by atoms with Crippen LogP contribution in [-0.4, -0.2) is 65.1 Å². The van der Waals surface area contributed by atoms with Crippen LogP contribution in [0.1, 0.15) is 39.2 Å². The largest absolute Gasteiger partial charge is 0.477 e. The maximum absolute atomic E-state index is 12.2. The Bertz CT molecular complexity index is 850. The summed E-state index contributed by atoms with van der Waals surface area (Å²) in [6.45, 7) is 8.98. The van der Waals surface area contributed by atoms with Crippen LogP contribution in [0.2, 0.25) is 0 Å². The lowest BCUT2D eigenvalue weighted by Gasteiger charge is -2.53. The summed E-state index contributed by atoms with van der Waals surface area (Å²) >= 11 is 0. The molecule has 2 amide bonds. The zero-order valence-corrected chi connectivity index (χ0v) is 18.3. The van der Waals surface area contributed by atoms with Crippen LogP contribution in [0.4, 0.5) is 10.5 Å². The number of nitro groups is 1. The van der Waals surface area contributed by atoms with Crippen molar-refractivity contribution in [1.29, 1.82) is 0 Å². The molecule has 0 radical (unpaired) electrons. The molecule has 2 aliphatic heterocycles. The summed E-state index contributed by atoms with van der Waals surface area (Å²) in [5.74, 6) is -0.649. The Morgan fingerprint density at radius 2 is 1.87 bits per heavy atom. The summed E-state index contributed by atoms with van der Waals surface area (Å²) < 4.78 is 10.7. The van der Waals surface area contributed by atoms with E-state index in [1.165, 1.54) is 6.07 Å². The van der Waals surface area contributed by atoms with Crippen molar-refractivity contribution in [3.63, 3.8) is 0 Å². The minimum Gasteiger partial charge on any atom is -0.477 e. The number of likely N-dealkylation sites (tertiary alicyclic amines) is 2. The van der Waals surface area contributed by atoms with Crippen molar-refractivity contribution < 1.29 is 24.0 Å². The van der Waals surface area contributed by atoms with Crippen molar-refractivity contribution in [1.82, 2.24) is 9.80 Å². The minimum absolute atomic E-state index is 0.0433. The number of nitro benzene ring substituents is 1. The number of nitrogens with zero attached hydrogens (tertiary/aromatic N) is 3. The van der Waals surface area contributed by atoms with Crippen LogP contribution in [-0.2, 0) is 16.1 Å². The van der Waals surface area contributed by atoms with E-state index in [1.807, 2.05) is 20.8 Å². The SMILES string of the molecule is CC(C)(C)OC(=O)N1CC2(CCN(Cc3ccc([N+](=O)[O-])c(OCC(N)=O)c3)CC2)C1. The standard InChI is InChI=1S/C21H30N4O6/c1-20(2,3)31-19(27)24-13-21(14-24)6-8-23(9-7-21)11-15-4-5-16(25(28)29)17(10-15)30-12-18(22)26/h4-5,10H,6-9,11-14H2,1-3H3,(H2,22,26). The number of primary amides is 1. The van der Waals surface area contributed by atoms with E-state index < -0.39 is 23.0 Å². The van der Waals surface area contributed by atoms with Gasteiger partial charge >= 0.3 is 11.8 Å². The van der Waals surface area contributed by atoms with Gasteiger partial charge in [-0.15, -0.1) is 0 Å². The van der Waals surface area contributed by atoms with E-state index in [-0.39, 0.29) is 22.9 Å². The molecule has 2 N–H and O–H groups in total. The molecule has 3 rings (SSSR count). The summed E-state index contributed by atoms with van der Waals surface area (Å²) in [5.41, 5.74) is 5.41. The maximum atomic E-state index is 12.2. The van der Waals surface area contributed by atoms with Gasteiger partial charge < -0.3 is 20.1 Å². The van der Waals surface area contributed by atoms with Crippen LogP contribution < -0.4 is 10.5 Å². The Morgan fingerprint density at radius 3 is 2.42 bits per heavy atom. The van der Waals surface area contributed by atoms with Gasteiger partial charge in [-0.2, -0.15) is 0 Å². The lowest BCUT2D eigenvalue weighted by molar-refractivity contribution is -0.385. The number of carbonyl (C=O) groups is 2. The minimum atomic E-state index is -0.693. The number of hydrogen-bond acceptors (Lipinski definition) is 7. The molecule has 170 valence electrons. The lowest BCUT2D eigenvalue weighted by atomic mass is 9.72. The zero-order valence-electron chi connectivity index (χ0n) is 18.3. The van der Waals surface area contributed by atoms with Gasteiger partial charge in [-0.3, -0.25) is 19.8 Å². The van der Waals surface area contributed by atoms with Gasteiger partial charge in [0, 0.05) is 31.1 Å². The van der Waals surface area contributed by atoms with Crippen LogP contribution in [0.25, 0.3) is 0 Å². The van der Waals surface area contributed by atoms with Gasteiger partial charge in [-0.1, -0.05) is 6.07 Å². The Kier molecular flexibility index (Phi) is 6.40. The second kappa shape index (κ2) is 8.70. The van der Waals surface area contributed by atoms with Crippen LogP contribution in [0, 0.1) is 15.5 Å². The van der Waals surface area contributed by atoms with Crippen molar-refractivity contribution in [2.24, 2.45) is 11.1 Å². The van der Waals surface area contributed by atoms with E-state index in [1.54, 1.807) is 17.0 Å². The normalized spacial score (nSPS) is 18.4. The fraction of sp³-hybridized carbons (Fsp3) is 0.619. The van der Waals surface area contributed by atoms with Crippen molar-refractivity contribution in [3.05, 3.63) is 33.9 Å². The smallest absolute Gasteiger partial charge is 0.410 e. The molecule has 2 heterocycles. The Hall–Kier alpha value is -2.88. The highest BCUT2D eigenvalue weighted by atomic mass is 16.6. The Morgan fingerprint density at radius 1 is 1.23 bits per heavy atom. The third-order valence-corrected chi connectivity index (χ3v) is 5.62. The number of piperidine rings is 1. The van der Waals surface area contributed by atoms with Gasteiger partial charge in [0.05, 0.1) is 4.92 Å². The molecule has 10 heteroatoms. The van der Waals surface area contributed by atoms with E-state index >= 15 is 0 Å². The fourth-order valence-corrected chi connectivity index (χ4v) is 4.05. The summed E-state index contributed by atoms with van der Waals surface area (Å²) in [6.07, 6.45) is 1.70. The summed E-state index contributed by atoms with van der Waals surface area (Å²) in [5, 5.41) is 11.2. The first kappa shape index (κ1) is 22.8. The second-order valence-corrected chi connectivity index (χ2v) is 9.43. The molecule has 10 nitrogen and oxygen atoms in total. The molecule has 31 heavy (non-hydrogen) atoms.